The van der Waals surface area contributed by atoms with Gasteiger partial charge in [-0.3, -0.25) is 9.67 Å². The van der Waals surface area contributed by atoms with Gasteiger partial charge in [-0.1, -0.05) is 65.8 Å². The van der Waals surface area contributed by atoms with E-state index in [1.807, 2.05) is 53.5 Å². The van der Waals surface area contributed by atoms with Crippen LogP contribution in [-0.2, 0) is 17.4 Å². The third kappa shape index (κ3) is 5.59. The highest BCUT2D eigenvalue weighted by Crippen LogP contribution is 2.39. The zero-order chi connectivity index (χ0) is 21.8. The number of benzene rings is 2. The third-order valence-electron chi connectivity index (χ3n) is 5.00. The summed E-state index contributed by atoms with van der Waals surface area (Å²) in [6.07, 6.45) is 5.70. The van der Waals surface area contributed by atoms with E-state index in [1.165, 1.54) is 11.1 Å². The molecule has 2 aromatic carbocycles. The first-order valence-electron chi connectivity index (χ1n) is 10.5. The van der Waals surface area contributed by atoms with Crippen molar-refractivity contribution in [1.82, 2.24) is 9.78 Å². The fraction of sp³-hybridized carbons (Fsp3) is 0.385. The molecule has 3 aromatic rings. The van der Waals surface area contributed by atoms with Gasteiger partial charge in [0.05, 0.1) is 13.1 Å². The van der Waals surface area contributed by atoms with Gasteiger partial charge < -0.3 is 4.74 Å². The zero-order valence-corrected chi connectivity index (χ0v) is 19.0. The highest BCUT2D eigenvalue weighted by Gasteiger charge is 2.26. The fourth-order valence-electron chi connectivity index (χ4n) is 3.21. The number of hydrogen-bond acceptors (Lipinski definition) is 3. The van der Waals surface area contributed by atoms with Crippen LogP contribution in [-0.4, -0.2) is 22.5 Å². The number of aromatic nitrogens is 2. The van der Waals surface area contributed by atoms with Gasteiger partial charge in [-0.2, -0.15) is 5.10 Å². The molecule has 0 saturated heterocycles. The molecule has 0 unspecified atom stereocenters. The number of hydrogen-bond donors (Lipinski definition) is 0. The lowest BCUT2D eigenvalue weighted by Gasteiger charge is -2.28. The molecular formula is C26H33N3O. The van der Waals surface area contributed by atoms with E-state index in [0.717, 1.165) is 23.6 Å². The van der Waals surface area contributed by atoms with E-state index in [0.29, 0.717) is 6.54 Å². The van der Waals surface area contributed by atoms with Crippen LogP contribution in [0.25, 0.3) is 0 Å². The van der Waals surface area contributed by atoms with Crippen molar-refractivity contribution in [2.45, 2.75) is 58.9 Å². The van der Waals surface area contributed by atoms with E-state index in [2.05, 4.69) is 58.8 Å². The van der Waals surface area contributed by atoms with Crippen molar-refractivity contribution in [3.8, 4) is 11.5 Å². The quantitative estimate of drug-likeness (QED) is 0.447. The lowest BCUT2D eigenvalue weighted by Crippen LogP contribution is -2.18. The Morgan fingerprint density at radius 1 is 0.967 bits per heavy atom. The topological polar surface area (TPSA) is 39.4 Å². The molecule has 4 nitrogen and oxygen atoms in total. The minimum atomic E-state index is -0.0664. The van der Waals surface area contributed by atoms with Crippen LogP contribution in [0, 0.1) is 0 Å². The number of rotatable bonds is 6. The number of nitrogens with zero attached hydrogens (tertiary/aromatic N) is 3. The smallest absolute Gasteiger partial charge is 0.139 e. The molecule has 0 atom stereocenters. The van der Waals surface area contributed by atoms with Gasteiger partial charge in [-0.25, -0.2) is 0 Å². The van der Waals surface area contributed by atoms with Crippen LogP contribution >= 0.6 is 0 Å². The Balaban J connectivity index is 2.03. The molecule has 3 rings (SSSR count). The second-order valence-electron chi connectivity index (χ2n) is 9.66. The maximum absolute atomic E-state index is 6.43. The van der Waals surface area contributed by atoms with Crippen molar-refractivity contribution in [3.05, 3.63) is 77.6 Å². The van der Waals surface area contributed by atoms with Gasteiger partial charge in [0.15, 0.2) is 0 Å². The van der Waals surface area contributed by atoms with Gasteiger partial charge >= 0.3 is 0 Å². The Morgan fingerprint density at radius 3 is 2.30 bits per heavy atom. The van der Waals surface area contributed by atoms with Crippen LogP contribution in [0.3, 0.4) is 0 Å². The summed E-state index contributed by atoms with van der Waals surface area (Å²) in [5, 5.41) is 4.25. The van der Waals surface area contributed by atoms with Crippen LogP contribution in [0.4, 0.5) is 0 Å². The van der Waals surface area contributed by atoms with E-state index in [4.69, 9.17) is 9.73 Å². The largest absolute Gasteiger partial charge is 0.456 e. The molecule has 30 heavy (non-hydrogen) atoms. The molecule has 0 saturated carbocycles. The van der Waals surface area contributed by atoms with Crippen molar-refractivity contribution >= 4 is 6.21 Å². The molecule has 0 spiro atoms. The molecule has 1 aromatic heterocycles. The van der Waals surface area contributed by atoms with Crippen LogP contribution in [0.1, 0.15) is 58.2 Å². The van der Waals surface area contributed by atoms with Gasteiger partial charge in [-0.15, -0.1) is 0 Å². The SMILES string of the molecule is CC(C)(C)c1cc(C=NCCn2cccn2)c(Oc2ccccc2)c(C(C)(C)C)c1. The first-order valence-corrected chi connectivity index (χ1v) is 10.5. The highest BCUT2D eigenvalue weighted by atomic mass is 16.5. The van der Waals surface area contributed by atoms with Crippen LogP contribution in [0.2, 0.25) is 0 Å². The van der Waals surface area contributed by atoms with E-state index < -0.39 is 0 Å². The van der Waals surface area contributed by atoms with Crippen LogP contribution < -0.4 is 4.74 Å². The van der Waals surface area contributed by atoms with Gasteiger partial charge in [-0.05, 0) is 40.7 Å². The van der Waals surface area contributed by atoms with Gasteiger partial charge in [0.2, 0.25) is 0 Å². The lowest BCUT2D eigenvalue weighted by atomic mass is 9.79. The average Bonchev–Trinajstić information content (AvgIpc) is 3.18. The Kier molecular flexibility index (Phi) is 6.45. The van der Waals surface area contributed by atoms with Crippen molar-refractivity contribution in [2.75, 3.05) is 6.54 Å². The second kappa shape index (κ2) is 8.86. The summed E-state index contributed by atoms with van der Waals surface area (Å²) >= 11 is 0. The molecule has 0 radical (unpaired) electrons. The molecule has 0 aliphatic carbocycles. The molecule has 0 fully saturated rings. The van der Waals surface area contributed by atoms with E-state index in [1.54, 1.807) is 6.20 Å². The van der Waals surface area contributed by atoms with E-state index >= 15 is 0 Å². The zero-order valence-electron chi connectivity index (χ0n) is 19.0. The Labute approximate surface area is 180 Å². The normalized spacial score (nSPS) is 12.5. The Bertz CT molecular complexity index is 976. The summed E-state index contributed by atoms with van der Waals surface area (Å²) < 4.78 is 8.32. The maximum atomic E-state index is 6.43. The minimum Gasteiger partial charge on any atom is -0.456 e. The maximum Gasteiger partial charge on any atom is 0.139 e. The Morgan fingerprint density at radius 2 is 1.70 bits per heavy atom. The predicted octanol–water partition coefficient (Wildman–Crippen LogP) is 6.39. The monoisotopic (exact) mass is 403 g/mol. The minimum absolute atomic E-state index is 0.0307. The summed E-state index contributed by atoms with van der Waals surface area (Å²) in [5.74, 6) is 1.71. The molecule has 1 heterocycles. The van der Waals surface area contributed by atoms with E-state index in [-0.39, 0.29) is 10.8 Å². The standard InChI is InChI=1S/C26H33N3O/c1-25(2,3)21-17-20(19-27-14-16-29-15-10-13-28-29)24(23(18-21)26(4,5)6)30-22-11-8-7-9-12-22/h7-13,15,17-19H,14,16H2,1-6H3. The molecule has 0 N–H and O–H groups in total. The van der Waals surface area contributed by atoms with Crippen LogP contribution in [0.15, 0.2) is 65.9 Å². The third-order valence-corrected chi connectivity index (χ3v) is 5.00. The molecule has 0 aliphatic heterocycles. The lowest BCUT2D eigenvalue weighted by molar-refractivity contribution is 0.452. The summed E-state index contributed by atoms with van der Waals surface area (Å²) in [6, 6.07) is 16.4. The molecule has 0 amide bonds. The van der Waals surface area contributed by atoms with Gasteiger partial charge in [0.1, 0.15) is 11.5 Å². The molecule has 158 valence electrons. The highest BCUT2D eigenvalue weighted by molar-refractivity contribution is 5.85. The number of para-hydroxylation sites is 1. The van der Waals surface area contributed by atoms with Gasteiger partial charge in [0.25, 0.3) is 0 Å². The van der Waals surface area contributed by atoms with Crippen molar-refractivity contribution < 1.29 is 4.74 Å². The molecule has 0 aliphatic rings. The first-order chi connectivity index (χ1) is 14.1. The molecule has 0 bridgehead atoms. The molecular weight excluding hydrogens is 370 g/mol. The summed E-state index contributed by atoms with van der Waals surface area (Å²) in [5.41, 5.74) is 3.44. The number of aliphatic imine (C=N–C) groups is 1. The molecule has 4 heteroatoms. The van der Waals surface area contributed by atoms with E-state index in [9.17, 15) is 0 Å². The Hall–Kier alpha value is -2.88. The summed E-state index contributed by atoms with van der Waals surface area (Å²) in [7, 11) is 0. The van der Waals surface area contributed by atoms with Crippen LogP contribution in [0.5, 0.6) is 11.5 Å². The predicted molar refractivity (Wildman–Crippen MR) is 125 cm³/mol. The fourth-order valence-corrected chi connectivity index (χ4v) is 3.21. The number of ether oxygens (including phenoxy) is 1. The summed E-state index contributed by atoms with van der Waals surface area (Å²) in [4.78, 5) is 4.70. The van der Waals surface area contributed by atoms with Crippen molar-refractivity contribution in [1.29, 1.82) is 0 Å². The van der Waals surface area contributed by atoms with Crippen molar-refractivity contribution in [3.63, 3.8) is 0 Å². The average molecular weight is 404 g/mol. The summed E-state index contributed by atoms with van der Waals surface area (Å²) in [6.45, 7) is 14.8. The van der Waals surface area contributed by atoms with Gasteiger partial charge in [0, 0.05) is 29.7 Å². The second-order valence-corrected chi connectivity index (χ2v) is 9.66. The van der Waals surface area contributed by atoms with Crippen molar-refractivity contribution in [2.24, 2.45) is 4.99 Å². The first kappa shape index (κ1) is 21.8.